The highest BCUT2D eigenvalue weighted by atomic mass is 32.2. The van der Waals surface area contributed by atoms with Gasteiger partial charge in [-0.1, -0.05) is 0 Å². The number of carboxylic acid groups (broad SMARTS) is 1. The Balaban J connectivity index is 2.03. The van der Waals surface area contributed by atoms with Gasteiger partial charge in [-0.3, -0.25) is 14.4 Å². The second kappa shape index (κ2) is 6.79. The molecule has 1 fully saturated rings. The van der Waals surface area contributed by atoms with Crippen LogP contribution < -0.4 is 9.47 Å². The molecular weight excluding hydrogens is 346 g/mol. The highest BCUT2D eigenvalue weighted by Crippen LogP contribution is 2.43. The lowest BCUT2D eigenvalue weighted by molar-refractivity contribution is -0.141. The number of fused-ring (bicyclic) bond motifs is 1. The molecule has 3 rings (SSSR count). The molecule has 0 spiro atoms. The zero-order valence-electron chi connectivity index (χ0n) is 13.8. The third-order valence-electron chi connectivity index (χ3n) is 4.21. The number of ether oxygens (including phenoxy) is 2. The predicted octanol–water partition coefficient (Wildman–Crippen LogP) is 1.78. The van der Waals surface area contributed by atoms with Gasteiger partial charge in [0.1, 0.15) is 0 Å². The molecule has 2 aliphatic rings. The Morgan fingerprint density at radius 3 is 2.64 bits per heavy atom. The molecule has 0 unspecified atom stereocenters. The number of hydrogen-bond acceptors (Lipinski definition) is 6. The van der Waals surface area contributed by atoms with Crippen LogP contribution in [0.4, 0.5) is 0 Å². The van der Waals surface area contributed by atoms with Crippen molar-refractivity contribution in [3.8, 4) is 11.5 Å². The molecule has 1 saturated heterocycles. The molecule has 1 amide bonds. The second-order valence-corrected chi connectivity index (χ2v) is 6.69. The van der Waals surface area contributed by atoms with Crippen molar-refractivity contribution >= 4 is 29.4 Å². The molecule has 8 heteroatoms. The molecular formula is C17H17NO6S. The first-order valence-electron chi connectivity index (χ1n) is 7.64. The lowest BCUT2D eigenvalue weighted by Gasteiger charge is -2.13. The number of ketones is 1. The van der Waals surface area contributed by atoms with Gasteiger partial charge in [0.25, 0.3) is 0 Å². The molecule has 0 aromatic heterocycles. The van der Waals surface area contributed by atoms with Crippen LogP contribution in [0.3, 0.4) is 0 Å². The Hall–Kier alpha value is -2.48. The van der Waals surface area contributed by atoms with Gasteiger partial charge in [-0.2, -0.15) is 0 Å². The molecule has 2 aliphatic heterocycles. The van der Waals surface area contributed by atoms with Crippen molar-refractivity contribution in [2.24, 2.45) is 5.92 Å². The molecule has 132 valence electrons. The number of nitrogens with zero attached hydrogens (tertiary/aromatic N) is 1. The second-order valence-electron chi connectivity index (χ2n) is 5.61. The third kappa shape index (κ3) is 2.97. The van der Waals surface area contributed by atoms with Crippen molar-refractivity contribution in [2.45, 2.75) is 6.42 Å². The highest BCUT2D eigenvalue weighted by molar-refractivity contribution is 8.03. The van der Waals surface area contributed by atoms with Crippen LogP contribution in [-0.4, -0.2) is 54.2 Å². The number of rotatable bonds is 6. The number of carbonyl (C=O) groups excluding carboxylic acids is 2. The minimum absolute atomic E-state index is 0.266. The van der Waals surface area contributed by atoms with Crippen molar-refractivity contribution in [2.75, 3.05) is 26.5 Å². The summed E-state index contributed by atoms with van der Waals surface area (Å²) in [7, 11) is 2.96. The molecule has 1 N–H and O–H groups in total. The van der Waals surface area contributed by atoms with Gasteiger partial charge in [-0.15, -0.1) is 11.8 Å². The Bertz CT molecular complexity index is 787. The van der Waals surface area contributed by atoms with Crippen LogP contribution in [0.15, 0.2) is 28.8 Å². The summed E-state index contributed by atoms with van der Waals surface area (Å²) >= 11 is 1.41. The maximum absolute atomic E-state index is 13.1. The fourth-order valence-corrected chi connectivity index (χ4v) is 4.25. The van der Waals surface area contributed by atoms with E-state index in [0.29, 0.717) is 34.4 Å². The van der Waals surface area contributed by atoms with E-state index in [1.807, 2.05) is 0 Å². The van der Waals surface area contributed by atoms with E-state index >= 15 is 0 Å². The van der Waals surface area contributed by atoms with Gasteiger partial charge in [0.15, 0.2) is 17.3 Å². The number of benzene rings is 1. The van der Waals surface area contributed by atoms with E-state index < -0.39 is 18.3 Å². The number of hydrogen-bond donors (Lipinski definition) is 1. The smallest absolute Gasteiger partial charge is 0.304 e. The van der Waals surface area contributed by atoms with E-state index in [4.69, 9.17) is 14.6 Å². The molecule has 7 nitrogen and oxygen atoms in total. The van der Waals surface area contributed by atoms with E-state index in [-0.39, 0.29) is 17.3 Å². The quantitative estimate of drug-likeness (QED) is 0.770. The summed E-state index contributed by atoms with van der Waals surface area (Å²) in [6.07, 6.45) is -0.395. The van der Waals surface area contributed by atoms with Gasteiger partial charge in [-0.05, 0) is 18.2 Å². The first kappa shape index (κ1) is 17.3. The number of aliphatic carboxylic acids is 1. The van der Waals surface area contributed by atoms with Crippen LogP contribution in [0.2, 0.25) is 0 Å². The van der Waals surface area contributed by atoms with Crippen molar-refractivity contribution < 1.29 is 29.0 Å². The minimum atomic E-state index is -1.11. The average Bonchev–Trinajstić information content (AvgIpc) is 3.16. The molecule has 0 radical (unpaired) electrons. The zero-order chi connectivity index (χ0) is 18.1. The van der Waals surface area contributed by atoms with Crippen LogP contribution in [0.25, 0.3) is 0 Å². The molecule has 25 heavy (non-hydrogen) atoms. The van der Waals surface area contributed by atoms with Crippen molar-refractivity contribution in [3.05, 3.63) is 34.4 Å². The first-order chi connectivity index (χ1) is 12.0. The largest absolute Gasteiger partial charge is 0.493 e. The fraction of sp³-hybridized carbons (Fsp3) is 0.353. The fourth-order valence-electron chi connectivity index (χ4n) is 3.06. The maximum atomic E-state index is 13.1. The number of amides is 1. The summed E-state index contributed by atoms with van der Waals surface area (Å²) in [6, 6.07) is 4.74. The van der Waals surface area contributed by atoms with E-state index in [1.54, 1.807) is 18.2 Å². The van der Waals surface area contributed by atoms with E-state index in [1.165, 1.54) is 30.9 Å². The minimum Gasteiger partial charge on any atom is -0.493 e. The standard InChI is InChI=1S/C17H17NO6S/c1-23-11-4-3-9(7-12(11)24-2)15(21)14-10(8-13(19)20)16(22)18-5-6-25-17(14)18/h3-4,7,10H,5-6,8H2,1-2H3,(H,19,20)/t10-/m0/s1. The molecule has 1 aromatic rings. The maximum Gasteiger partial charge on any atom is 0.304 e. The summed E-state index contributed by atoms with van der Waals surface area (Å²) in [6.45, 7) is 0.498. The summed E-state index contributed by atoms with van der Waals surface area (Å²) in [5.74, 6) is -1.14. The molecule has 0 bridgehead atoms. The Kier molecular flexibility index (Phi) is 4.71. The number of carboxylic acids is 1. The lowest BCUT2D eigenvalue weighted by atomic mass is 9.91. The monoisotopic (exact) mass is 363 g/mol. The van der Waals surface area contributed by atoms with Gasteiger partial charge < -0.3 is 19.5 Å². The molecule has 1 aromatic carbocycles. The normalized spacial score (nSPS) is 19.2. The summed E-state index contributed by atoms with van der Waals surface area (Å²) < 4.78 is 10.4. The Morgan fingerprint density at radius 1 is 1.28 bits per heavy atom. The van der Waals surface area contributed by atoms with Crippen molar-refractivity contribution in [1.82, 2.24) is 4.90 Å². The Morgan fingerprint density at radius 2 is 2.00 bits per heavy atom. The summed E-state index contributed by atoms with van der Waals surface area (Å²) in [5, 5.41) is 9.71. The first-order valence-corrected chi connectivity index (χ1v) is 8.63. The topological polar surface area (TPSA) is 93.1 Å². The van der Waals surface area contributed by atoms with Crippen LogP contribution in [0.1, 0.15) is 16.8 Å². The summed E-state index contributed by atoms with van der Waals surface area (Å²) in [5.41, 5.74) is 0.597. The summed E-state index contributed by atoms with van der Waals surface area (Å²) in [4.78, 5) is 38.2. The van der Waals surface area contributed by atoms with Gasteiger partial charge in [-0.25, -0.2) is 0 Å². The average molecular weight is 363 g/mol. The van der Waals surface area contributed by atoms with Gasteiger partial charge in [0.05, 0.1) is 31.6 Å². The van der Waals surface area contributed by atoms with Gasteiger partial charge in [0, 0.05) is 23.4 Å². The molecule has 1 atom stereocenters. The van der Waals surface area contributed by atoms with Gasteiger partial charge in [0.2, 0.25) is 5.91 Å². The van der Waals surface area contributed by atoms with Crippen molar-refractivity contribution in [1.29, 1.82) is 0 Å². The Labute approximate surface area is 148 Å². The van der Waals surface area contributed by atoms with E-state index in [2.05, 4.69) is 0 Å². The molecule has 0 saturated carbocycles. The highest BCUT2D eigenvalue weighted by Gasteiger charge is 2.46. The predicted molar refractivity (Wildman–Crippen MR) is 90.8 cm³/mol. The molecule has 0 aliphatic carbocycles. The van der Waals surface area contributed by atoms with E-state index in [0.717, 1.165) is 0 Å². The number of methoxy groups -OCH3 is 2. The van der Waals surface area contributed by atoms with Crippen molar-refractivity contribution in [3.63, 3.8) is 0 Å². The van der Waals surface area contributed by atoms with E-state index in [9.17, 15) is 14.4 Å². The van der Waals surface area contributed by atoms with Gasteiger partial charge >= 0.3 is 5.97 Å². The SMILES string of the molecule is COc1ccc(C(=O)C2=C3SCCN3C(=O)[C@H]2CC(=O)O)cc1OC. The lowest BCUT2D eigenvalue weighted by Crippen LogP contribution is -2.29. The van der Waals surface area contributed by atoms with Crippen LogP contribution >= 0.6 is 11.8 Å². The number of thioether (sulfide) groups is 1. The number of Topliss-reactive ketones (excluding diaryl/α,β-unsaturated/α-hetero) is 1. The number of carbonyl (C=O) groups is 3. The van der Waals surface area contributed by atoms with Crippen LogP contribution in [0, 0.1) is 5.92 Å². The molecule has 2 heterocycles. The zero-order valence-corrected chi connectivity index (χ0v) is 14.6. The third-order valence-corrected chi connectivity index (χ3v) is 5.31. The van der Waals surface area contributed by atoms with Crippen LogP contribution in [-0.2, 0) is 9.59 Å². The van der Waals surface area contributed by atoms with Crippen LogP contribution in [0.5, 0.6) is 11.5 Å².